The van der Waals surface area contributed by atoms with E-state index in [0.29, 0.717) is 30.2 Å². The van der Waals surface area contributed by atoms with Crippen LogP contribution in [0, 0.1) is 0 Å². The first-order valence-corrected chi connectivity index (χ1v) is 6.89. The van der Waals surface area contributed by atoms with Gasteiger partial charge < -0.3 is 14.8 Å². The summed E-state index contributed by atoms with van der Waals surface area (Å²) in [5.41, 5.74) is 0.953. The van der Waals surface area contributed by atoms with E-state index in [4.69, 9.17) is 21.1 Å². The van der Waals surface area contributed by atoms with Gasteiger partial charge in [-0.05, 0) is 26.0 Å². The van der Waals surface area contributed by atoms with Crippen molar-refractivity contribution in [1.29, 1.82) is 0 Å². The summed E-state index contributed by atoms with van der Waals surface area (Å²) in [6.07, 6.45) is 0. The summed E-state index contributed by atoms with van der Waals surface area (Å²) in [5.74, 6) is -0.184. The van der Waals surface area contributed by atoms with E-state index in [9.17, 15) is 9.59 Å². The molecule has 6 heteroatoms. The molecule has 0 aromatic heterocycles. The molecule has 0 fully saturated rings. The minimum absolute atomic E-state index is 0.0111. The van der Waals surface area contributed by atoms with Crippen molar-refractivity contribution in [3.63, 3.8) is 0 Å². The number of amides is 1. The van der Waals surface area contributed by atoms with Crippen LogP contribution in [0.25, 0.3) is 0 Å². The molecular weight excluding hydrogens is 282 g/mol. The summed E-state index contributed by atoms with van der Waals surface area (Å²) in [4.78, 5) is 23.2. The van der Waals surface area contributed by atoms with Gasteiger partial charge in [0.2, 0.25) is 5.91 Å². The molecular formula is C14H18ClNO4. The first-order valence-electron chi connectivity index (χ1n) is 6.36. The normalized spacial score (nSPS) is 10.2. The Hall–Kier alpha value is -1.59. The molecule has 1 rings (SSSR count). The van der Waals surface area contributed by atoms with E-state index in [1.165, 1.54) is 0 Å². The average molecular weight is 300 g/mol. The minimum atomic E-state index is -0.259. The Bertz CT molecular complexity index is 476. The van der Waals surface area contributed by atoms with Crippen LogP contribution in [0.1, 0.15) is 24.2 Å². The number of rotatable bonds is 8. The standard InChI is InChI=1S/C14H18ClNO4/c1-3-19-9-14(18)16-10-5-6-11(12(17)8-15)13(7-10)20-4-2/h5-7H,3-4,8-9H2,1-2H3,(H,16,18). The number of anilines is 1. The van der Waals surface area contributed by atoms with Crippen LogP contribution in [0.15, 0.2) is 18.2 Å². The van der Waals surface area contributed by atoms with Crippen LogP contribution >= 0.6 is 11.6 Å². The first-order chi connectivity index (χ1) is 9.62. The van der Waals surface area contributed by atoms with Crippen molar-refractivity contribution in [1.82, 2.24) is 0 Å². The lowest BCUT2D eigenvalue weighted by Gasteiger charge is -2.11. The summed E-state index contributed by atoms with van der Waals surface area (Å²) < 4.78 is 10.4. The van der Waals surface area contributed by atoms with Crippen LogP contribution in [0.4, 0.5) is 5.69 Å². The Kier molecular flexibility index (Phi) is 7.04. The second-order valence-corrected chi connectivity index (χ2v) is 4.15. The van der Waals surface area contributed by atoms with Gasteiger partial charge >= 0.3 is 0 Å². The highest BCUT2D eigenvalue weighted by Gasteiger charge is 2.13. The number of Topliss-reactive ketones (excluding diaryl/α,β-unsaturated/α-hetero) is 1. The molecule has 0 aliphatic rings. The number of ether oxygens (including phenoxy) is 2. The summed E-state index contributed by atoms with van der Waals surface area (Å²) >= 11 is 5.55. The molecule has 0 radical (unpaired) electrons. The zero-order valence-corrected chi connectivity index (χ0v) is 12.3. The predicted molar refractivity (Wildman–Crippen MR) is 77.8 cm³/mol. The third-order valence-electron chi connectivity index (χ3n) is 2.42. The predicted octanol–water partition coefficient (Wildman–Crippen LogP) is 2.48. The van der Waals surface area contributed by atoms with Crippen molar-refractivity contribution >= 4 is 29.0 Å². The van der Waals surface area contributed by atoms with Crippen LogP contribution < -0.4 is 10.1 Å². The van der Waals surface area contributed by atoms with Crippen molar-refractivity contribution in [2.24, 2.45) is 0 Å². The first kappa shape index (κ1) is 16.5. The van der Waals surface area contributed by atoms with Gasteiger partial charge in [0.05, 0.1) is 18.1 Å². The van der Waals surface area contributed by atoms with Gasteiger partial charge in [0.15, 0.2) is 5.78 Å². The SMILES string of the molecule is CCOCC(=O)Nc1ccc(C(=O)CCl)c(OCC)c1. The van der Waals surface area contributed by atoms with Crippen molar-refractivity contribution < 1.29 is 19.1 Å². The van der Waals surface area contributed by atoms with Crippen LogP contribution in [0.5, 0.6) is 5.75 Å². The summed E-state index contributed by atoms with van der Waals surface area (Å²) in [7, 11) is 0. The molecule has 0 aliphatic heterocycles. The number of benzene rings is 1. The van der Waals surface area contributed by atoms with Gasteiger partial charge in [-0.15, -0.1) is 11.6 Å². The number of nitrogens with one attached hydrogen (secondary N) is 1. The number of carbonyl (C=O) groups is 2. The third-order valence-corrected chi connectivity index (χ3v) is 2.67. The van der Waals surface area contributed by atoms with Gasteiger partial charge in [-0.2, -0.15) is 0 Å². The van der Waals surface area contributed by atoms with Crippen LogP contribution in [0.2, 0.25) is 0 Å². The number of hydrogen-bond donors (Lipinski definition) is 1. The molecule has 0 saturated carbocycles. The molecule has 5 nitrogen and oxygen atoms in total. The molecule has 0 spiro atoms. The molecule has 1 N–H and O–H groups in total. The van der Waals surface area contributed by atoms with Gasteiger partial charge in [0, 0.05) is 18.4 Å². The third kappa shape index (κ3) is 4.83. The maximum atomic E-state index is 11.7. The topological polar surface area (TPSA) is 64.6 Å². The number of ketones is 1. The molecule has 0 saturated heterocycles. The maximum absolute atomic E-state index is 11.7. The Morgan fingerprint density at radius 3 is 2.60 bits per heavy atom. The van der Waals surface area contributed by atoms with E-state index < -0.39 is 0 Å². The molecule has 20 heavy (non-hydrogen) atoms. The van der Waals surface area contributed by atoms with E-state index in [-0.39, 0.29) is 24.2 Å². The molecule has 0 unspecified atom stereocenters. The van der Waals surface area contributed by atoms with E-state index in [0.717, 1.165) is 0 Å². The smallest absolute Gasteiger partial charge is 0.250 e. The second-order valence-electron chi connectivity index (χ2n) is 3.89. The highest BCUT2D eigenvalue weighted by molar-refractivity contribution is 6.30. The number of halogens is 1. The van der Waals surface area contributed by atoms with E-state index >= 15 is 0 Å². The van der Waals surface area contributed by atoms with Crippen molar-refractivity contribution in [2.45, 2.75) is 13.8 Å². The van der Waals surface area contributed by atoms with E-state index in [2.05, 4.69) is 5.32 Å². The fourth-order valence-electron chi connectivity index (χ4n) is 1.57. The molecule has 0 aliphatic carbocycles. The lowest BCUT2D eigenvalue weighted by molar-refractivity contribution is -0.120. The van der Waals surface area contributed by atoms with E-state index in [1.807, 2.05) is 13.8 Å². The Labute approximate surface area is 123 Å². The lowest BCUT2D eigenvalue weighted by Crippen LogP contribution is -2.18. The van der Waals surface area contributed by atoms with Gasteiger partial charge in [-0.3, -0.25) is 9.59 Å². The molecule has 0 heterocycles. The minimum Gasteiger partial charge on any atom is -0.493 e. The van der Waals surface area contributed by atoms with Crippen LogP contribution in [-0.2, 0) is 9.53 Å². The Morgan fingerprint density at radius 2 is 2.00 bits per heavy atom. The van der Waals surface area contributed by atoms with Gasteiger partial charge in [-0.1, -0.05) is 0 Å². The van der Waals surface area contributed by atoms with Crippen molar-refractivity contribution in [3.8, 4) is 5.75 Å². The number of hydrogen-bond acceptors (Lipinski definition) is 4. The summed E-state index contributed by atoms with van der Waals surface area (Å²) in [6, 6.07) is 4.82. The van der Waals surface area contributed by atoms with Gasteiger partial charge in [-0.25, -0.2) is 0 Å². The van der Waals surface area contributed by atoms with Crippen LogP contribution in [0.3, 0.4) is 0 Å². The maximum Gasteiger partial charge on any atom is 0.250 e. The van der Waals surface area contributed by atoms with Crippen LogP contribution in [-0.4, -0.2) is 37.4 Å². The van der Waals surface area contributed by atoms with E-state index in [1.54, 1.807) is 18.2 Å². The van der Waals surface area contributed by atoms with Crippen molar-refractivity contribution in [3.05, 3.63) is 23.8 Å². The van der Waals surface area contributed by atoms with Gasteiger partial charge in [0.1, 0.15) is 12.4 Å². The zero-order valence-electron chi connectivity index (χ0n) is 11.6. The summed E-state index contributed by atoms with van der Waals surface area (Å²) in [5, 5.41) is 2.67. The number of alkyl halides is 1. The Morgan fingerprint density at radius 1 is 1.25 bits per heavy atom. The fourth-order valence-corrected chi connectivity index (χ4v) is 1.71. The molecule has 0 atom stereocenters. The Balaban J connectivity index is 2.86. The molecule has 1 aromatic rings. The monoisotopic (exact) mass is 299 g/mol. The highest BCUT2D eigenvalue weighted by atomic mass is 35.5. The molecule has 110 valence electrons. The average Bonchev–Trinajstić information content (AvgIpc) is 2.45. The number of carbonyl (C=O) groups excluding carboxylic acids is 2. The summed E-state index contributed by atoms with van der Waals surface area (Å²) in [6.45, 7) is 4.50. The zero-order chi connectivity index (χ0) is 15.0. The highest BCUT2D eigenvalue weighted by Crippen LogP contribution is 2.24. The molecule has 1 aromatic carbocycles. The largest absolute Gasteiger partial charge is 0.493 e. The van der Waals surface area contributed by atoms with Crippen molar-refractivity contribution in [2.75, 3.05) is 31.0 Å². The lowest BCUT2D eigenvalue weighted by atomic mass is 10.1. The molecule has 0 bridgehead atoms. The molecule has 1 amide bonds. The van der Waals surface area contributed by atoms with Gasteiger partial charge in [0.25, 0.3) is 0 Å². The quantitative estimate of drug-likeness (QED) is 0.591. The fraction of sp³-hybridized carbons (Fsp3) is 0.429. The second kappa shape index (κ2) is 8.55.